The van der Waals surface area contributed by atoms with Gasteiger partial charge in [-0.25, -0.2) is 4.99 Å². The van der Waals surface area contributed by atoms with Crippen molar-refractivity contribution in [1.82, 2.24) is 4.57 Å². The van der Waals surface area contributed by atoms with Gasteiger partial charge in [-0.3, -0.25) is 19.5 Å². The van der Waals surface area contributed by atoms with Gasteiger partial charge in [-0.05, 0) is 60.4 Å². The van der Waals surface area contributed by atoms with Crippen LogP contribution >= 0.6 is 34.5 Å². The van der Waals surface area contributed by atoms with Gasteiger partial charge in [0.25, 0.3) is 11.2 Å². The first-order valence-corrected chi connectivity index (χ1v) is 15.4. The van der Waals surface area contributed by atoms with Gasteiger partial charge in [0.1, 0.15) is 28.0 Å². The number of fused-ring (bicyclic) bond motifs is 3. The van der Waals surface area contributed by atoms with Gasteiger partial charge in [0.05, 0.1) is 40.4 Å². The topological polar surface area (TPSA) is 109 Å². The van der Waals surface area contributed by atoms with Crippen LogP contribution in [0.15, 0.2) is 86.5 Å². The lowest BCUT2D eigenvalue weighted by atomic mass is 9.83. The first-order valence-electron chi connectivity index (χ1n) is 13.9. The summed E-state index contributed by atoms with van der Waals surface area (Å²) in [6.45, 7) is 0. The molecule has 45 heavy (non-hydrogen) atoms. The molecule has 9 nitrogen and oxygen atoms in total. The molecule has 0 N–H and O–H groups in total. The largest absolute Gasteiger partial charge is 0.497 e. The number of aromatic nitrogens is 1. The summed E-state index contributed by atoms with van der Waals surface area (Å²) in [6, 6.07) is 19.3. The van der Waals surface area contributed by atoms with Crippen LogP contribution in [0, 0.1) is 10.1 Å². The summed E-state index contributed by atoms with van der Waals surface area (Å²) >= 11 is 13.7. The second kappa shape index (κ2) is 11.4. The zero-order chi connectivity index (χ0) is 31.4. The van der Waals surface area contributed by atoms with Gasteiger partial charge < -0.3 is 13.9 Å². The standard InChI is InChI=1S/C33H23Cl2N3O6S/c1-42-18-8-11-27(43-2)23(13-18)31-21-10-7-17-5-3-4-6-20(17)30(21)36-33-37(31)32(39)29(45-33)14-19-9-12-28(44-19)22-15-25(35)26(38(40)41)16-24(22)34/h3-6,8-9,11-16,31H,7,10H2,1-2H3/b29-14-/t31-/m0/s1. The number of ether oxygens (including phenoxy) is 2. The number of nitro groups is 1. The fraction of sp³-hybridized carbons (Fsp3) is 0.152. The van der Waals surface area contributed by atoms with Crippen LogP contribution in [0.5, 0.6) is 11.5 Å². The second-order valence-electron chi connectivity index (χ2n) is 10.5. The molecule has 0 saturated carbocycles. The molecule has 3 heterocycles. The fourth-order valence-corrected chi connectivity index (χ4v) is 7.39. The number of thiazole rings is 1. The second-order valence-corrected chi connectivity index (χ2v) is 12.3. The van der Waals surface area contributed by atoms with Crippen molar-refractivity contribution in [2.75, 3.05) is 14.2 Å². The van der Waals surface area contributed by atoms with Gasteiger partial charge in [0, 0.05) is 28.8 Å². The van der Waals surface area contributed by atoms with E-state index >= 15 is 0 Å². The smallest absolute Gasteiger partial charge is 0.289 e. The van der Waals surface area contributed by atoms with E-state index in [9.17, 15) is 14.9 Å². The van der Waals surface area contributed by atoms with E-state index in [2.05, 4.69) is 12.1 Å². The Morgan fingerprint density at radius 2 is 1.84 bits per heavy atom. The Morgan fingerprint density at radius 1 is 1.02 bits per heavy atom. The van der Waals surface area contributed by atoms with Crippen LogP contribution in [-0.4, -0.2) is 23.7 Å². The van der Waals surface area contributed by atoms with Gasteiger partial charge >= 0.3 is 0 Å². The minimum Gasteiger partial charge on any atom is -0.497 e. The van der Waals surface area contributed by atoms with Gasteiger partial charge in [-0.15, -0.1) is 0 Å². The Hall–Kier alpha value is -4.64. The molecule has 7 rings (SSSR count). The van der Waals surface area contributed by atoms with E-state index in [1.54, 1.807) is 37.0 Å². The van der Waals surface area contributed by atoms with Crippen LogP contribution in [0.25, 0.3) is 23.1 Å². The summed E-state index contributed by atoms with van der Waals surface area (Å²) in [4.78, 5) is 30.4. The van der Waals surface area contributed by atoms with Crippen LogP contribution in [0.1, 0.15) is 34.9 Å². The van der Waals surface area contributed by atoms with Crippen molar-refractivity contribution in [3.05, 3.63) is 135 Å². The molecular formula is C33H23Cl2N3O6S. The molecule has 0 fully saturated rings. The molecule has 1 atom stereocenters. The molecule has 0 radical (unpaired) electrons. The highest BCUT2D eigenvalue weighted by Gasteiger charge is 2.34. The zero-order valence-corrected chi connectivity index (χ0v) is 26.2. The highest BCUT2D eigenvalue weighted by Crippen LogP contribution is 2.44. The van der Waals surface area contributed by atoms with Gasteiger partial charge in [-0.2, -0.15) is 0 Å². The summed E-state index contributed by atoms with van der Waals surface area (Å²) in [5.74, 6) is 2.03. The minimum absolute atomic E-state index is 0.0656. The van der Waals surface area contributed by atoms with Crippen molar-refractivity contribution >= 4 is 52.0 Å². The summed E-state index contributed by atoms with van der Waals surface area (Å²) in [5, 5.41) is 11.3. The number of halogens is 2. The Kier molecular flexibility index (Phi) is 7.35. The van der Waals surface area contributed by atoms with E-state index < -0.39 is 11.0 Å². The normalized spacial score (nSPS) is 15.6. The Morgan fingerprint density at radius 3 is 2.62 bits per heavy atom. The molecule has 0 unspecified atom stereocenters. The molecule has 0 saturated heterocycles. The number of benzene rings is 3. The predicted molar refractivity (Wildman–Crippen MR) is 173 cm³/mol. The quantitative estimate of drug-likeness (QED) is 0.146. The molecule has 0 bridgehead atoms. The van der Waals surface area contributed by atoms with E-state index in [4.69, 9.17) is 42.1 Å². The molecule has 12 heteroatoms. The molecule has 0 spiro atoms. The Bertz CT molecular complexity index is 2250. The van der Waals surface area contributed by atoms with Crippen LogP contribution in [0.3, 0.4) is 0 Å². The van der Waals surface area contributed by atoms with E-state index in [0.717, 1.165) is 35.2 Å². The number of nitrogens with zero attached hydrogens (tertiary/aromatic N) is 3. The molecule has 2 aliphatic rings. The van der Waals surface area contributed by atoms with Gasteiger partial charge in [0.2, 0.25) is 0 Å². The van der Waals surface area contributed by atoms with Crippen molar-refractivity contribution in [3.8, 4) is 22.8 Å². The van der Waals surface area contributed by atoms with Crippen molar-refractivity contribution in [2.45, 2.75) is 18.9 Å². The Labute approximate surface area is 270 Å². The van der Waals surface area contributed by atoms with E-state index in [0.29, 0.717) is 37.9 Å². The van der Waals surface area contributed by atoms with Crippen LogP contribution in [0.4, 0.5) is 5.69 Å². The number of rotatable bonds is 6. The lowest BCUT2D eigenvalue weighted by molar-refractivity contribution is -0.384. The maximum Gasteiger partial charge on any atom is 0.289 e. The number of furan rings is 1. The van der Waals surface area contributed by atoms with Crippen molar-refractivity contribution < 1.29 is 18.8 Å². The number of methoxy groups -OCH3 is 2. The summed E-state index contributed by atoms with van der Waals surface area (Å²) < 4.78 is 19.5. The number of nitro benzene ring substituents is 1. The molecule has 226 valence electrons. The molecule has 1 aliphatic heterocycles. The lowest BCUT2D eigenvalue weighted by Crippen LogP contribution is -2.39. The fourth-order valence-electron chi connectivity index (χ4n) is 5.92. The summed E-state index contributed by atoms with van der Waals surface area (Å²) in [6.07, 6.45) is 3.21. The van der Waals surface area contributed by atoms with E-state index in [1.807, 2.05) is 30.3 Å². The SMILES string of the molecule is COc1ccc(OC)c([C@@H]2C3=C(N=c4s/c(=C\c5ccc(-c6cc(Cl)c([N+](=O)[O-])cc6Cl)o5)c(=O)n42)c2ccccc2CC3)c1. The third-order valence-electron chi connectivity index (χ3n) is 8.00. The number of allylic oxidation sites excluding steroid dienone is 1. The highest BCUT2D eigenvalue weighted by molar-refractivity contribution is 7.07. The van der Waals surface area contributed by atoms with Crippen molar-refractivity contribution in [3.63, 3.8) is 0 Å². The minimum atomic E-state index is -0.601. The molecule has 1 aliphatic carbocycles. The number of hydrogen-bond donors (Lipinski definition) is 0. The molecular weight excluding hydrogens is 637 g/mol. The third kappa shape index (κ3) is 4.95. The van der Waals surface area contributed by atoms with E-state index in [-0.39, 0.29) is 21.3 Å². The maximum atomic E-state index is 14.2. The molecule has 2 aromatic heterocycles. The first-order chi connectivity index (χ1) is 21.8. The van der Waals surface area contributed by atoms with Gasteiger partial charge in [0.15, 0.2) is 4.80 Å². The molecule has 5 aromatic rings. The van der Waals surface area contributed by atoms with Crippen LogP contribution < -0.4 is 24.4 Å². The predicted octanol–water partition coefficient (Wildman–Crippen LogP) is 6.81. The number of hydrogen-bond acceptors (Lipinski definition) is 8. The summed E-state index contributed by atoms with van der Waals surface area (Å²) in [5.41, 5.74) is 4.83. The van der Waals surface area contributed by atoms with Gasteiger partial charge in [-0.1, -0.05) is 58.8 Å². The van der Waals surface area contributed by atoms with E-state index in [1.165, 1.54) is 29.0 Å². The monoisotopic (exact) mass is 659 g/mol. The Balaban J connectivity index is 1.40. The average molecular weight is 661 g/mol. The maximum absolute atomic E-state index is 14.2. The van der Waals surface area contributed by atoms with Crippen molar-refractivity contribution in [1.29, 1.82) is 0 Å². The summed E-state index contributed by atoms with van der Waals surface area (Å²) in [7, 11) is 3.22. The zero-order valence-electron chi connectivity index (χ0n) is 23.9. The molecule has 3 aromatic carbocycles. The van der Waals surface area contributed by atoms with Crippen LogP contribution in [0.2, 0.25) is 10.0 Å². The first kappa shape index (κ1) is 29.1. The lowest BCUT2D eigenvalue weighted by Gasteiger charge is -2.31. The van der Waals surface area contributed by atoms with Crippen LogP contribution in [-0.2, 0) is 6.42 Å². The highest BCUT2D eigenvalue weighted by atomic mass is 35.5. The third-order valence-corrected chi connectivity index (χ3v) is 9.60. The molecule has 0 amide bonds. The average Bonchev–Trinajstić information content (AvgIpc) is 3.64. The van der Waals surface area contributed by atoms with Crippen molar-refractivity contribution in [2.24, 2.45) is 4.99 Å². The number of aryl methyl sites for hydroxylation is 1.